The van der Waals surface area contributed by atoms with E-state index in [0.717, 1.165) is 25.7 Å². The van der Waals surface area contributed by atoms with Gasteiger partial charge in [0.2, 0.25) is 0 Å². The van der Waals surface area contributed by atoms with Crippen molar-refractivity contribution in [3.05, 3.63) is 47.1 Å². The van der Waals surface area contributed by atoms with E-state index in [0.29, 0.717) is 36.3 Å². The topological polar surface area (TPSA) is 91.3 Å². The number of carbonyl (C=O) groups excluding carboxylic acids is 2. The maximum atomic E-state index is 13.8. The summed E-state index contributed by atoms with van der Waals surface area (Å²) < 4.78 is 25.3. The molecule has 4 aliphatic heterocycles. The van der Waals surface area contributed by atoms with Crippen LogP contribution in [0.2, 0.25) is 0 Å². The number of hydrogen-bond acceptors (Lipinski definition) is 7. The molecule has 39 heavy (non-hydrogen) atoms. The quantitative estimate of drug-likeness (QED) is 0.364. The van der Waals surface area contributed by atoms with E-state index >= 15 is 0 Å². The van der Waals surface area contributed by atoms with E-state index in [-0.39, 0.29) is 30.5 Å². The van der Waals surface area contributed by atoms with Crippen LogP contribution >= 0.6 is 0 Å². The zero-order valence-electron chi connectivity index (χ0n) is 24.0. The van der Waals surface area contributed by atoms with E-state index in [2.05, 4.69) is 39.8 Å². The summed E-state index contributed by atoms with van der Waals surface area (Å²) in [4.78, 5) is 26.8. The molecule has 1 aliphatic carbocycles. The van der Waals surface area contributed by atoms with Crippen LogP contribution in [0.1, 0.15) is 79.6 Å². The van der Waals surface area contributed by atoms with Crippen LogP contribution < -0.4 is 0 Å². The molecule has 1 N–H and O–H groups in total. The molecule has 5 rings (SSSR count). The first kappa shape index (κ1) is 28.5. The fourth-order valence-corrected chi connectivity index (χ4v) is 7.07. The highest BCUT2D eigenvalue weighted by atomic mass is 16.7. The van der Waals surface area contributed by atoms with Crippen LogP contribution in [-0.2, 0) is 28.5 Å². The summed E-state index contributed by atoms with van der Waals surface area (Å²) in [5.74, 6) is -1.95. The minimum Gasteiger partial charge on any atom is -0.462 e. The number of ether oxygens (including phenoxy) is 4. The highest BCUT2D eigenvalue weighted by molar-refractivity contribution is 6.03. The third-order valence-corrected chi connectivity index (χ3v) is 9.31. The van der Waals surface area contributed by atoms with Crippen LogP contribution in [0.25, 0.3) is 0 Å². The van der Waals surface area contributed by atoms with Crippen LogP contribution in [0.3, 0.4) is 0 Å². The molecule has 3 saturated heterocycles. The lowest BCUT2D eigenvalue weighted by molar-refractivity contribution is -0.335. The first-order valence-corrected chi connectivity index (χ1v) is 14.7. The molecule has 2 bridgehead atoms. The summed E-state index contributed by atoms with van der Waals surface area (Å²) in [5.41, 5.74) is 0.421. The summed E-state index contributed by atoms with van der Waals surface area (Å²) in [5, 5.41) is 12.0. The molecule has 7 nitrogen and oxygen atoms in total. The molecule has 0 radical (unpaired) electrons. The van der Waals surface area contributed by atoms with Crippen LogP contribution in [-0.4, -0.2) is 59.3 Å². The molecule has 0 aromatic carbocycles. The van der Waals surface area contributed by atoms with Gasteiger partial charge in [-0.05, 0) is 62.5 Å². The van der Waals surface area contributed by atoms with Gasteiger partial charge in [0.15, 0.2) is 17.7 Å². The highest BCUT2D eigenvalue weighted by Crippen LogP contribution is 2.46. The number of carbonyl (C=O) groups is 2. The van der Waals surface area contributed by atoms with Crippen LogP contribution in [0.4, 0.5) is 0 Å². The number of rotatable bonds is 1. The minimum atomic E-state index is -1.78. The van der Waals surface area contributed by atoms with E-state index < -0.39 is 35.5 Å². The maximum absolute atomic E-state index is 13.8. The van der Waals surface area contributed by atoms with Crippen molar-refractivity contribution in [1.82, 2.24) is 0 Å². The van der Waals surface area contributed by atoms with E-state index in [1.165, 1.54) is 5.57 Å². The molecule has 5 aliphatic rings. The summed E-state index contributed by atoms with van der Waals surface area (Å²) in [6.45, 7) is 10.4. The second-order valence-electron chi connectivity index (χ2n) is 12.5. The van der Waals surface area contributed by atoms with Gasteiger partial charge in [-0.1, -0.05) is 56.7 Å². The summed E-state index contributed by atoms with van der Waals surface area (Å²) in [6.07, 6.45) is 13.2. The largest absolute Gasteiger partial charge is 0.462 e. The Morgan fingerprint density at radius 2 is 1.92 bits per heavy atom. The van der Waals surface area contributed by atoms with Gasteiger partial charge in [-0.3, -0.25) is 9.59 Å². The van der Waals surface area contributed by atoms with E-state index in [9.17, 15) is 14.7 Å². The van der Waals surface area contributed by atoms with Gasteiger partial charge in [0.05, 0.1) is 18.8 Å². The van der Waals surface area contributed by atoms with Gasteiger partial charge in [0.25, 0.3) is 0 Å². The van der Waals surface area contributed by atoms with E-state index in [1.54, 1.807) is 19.1 Å². The second-order valence-corrected chi connectivity index (χ2v) is 12.5. The van der Waals surface area contributed by atoms with Gasteiger partial charge in [0.1, 0.15) is 17.6 Å². The Hall–Kier alpha value is -2.06. The summed E-state index contributed by atoms with van der Waals surface area (Å²) in [7, 11) is 0. The Balaban J connectivity index is 1.51. The maximum Gasteiger partial charge on any atom is 0.316 e. The number of Topliss-reactive ketones (excluding diaryl/α,β-unsaturated/α-hetero) is 1. The SMILES string of the molecule is CC[C@H]1O[C@]2(CC[C@H]1C)C[C@@H]1C[C@@H](C/C=C(\C)C[C@@H](C)/C=C/C=C3\CO[C@@H]4C(=O)C(C)=C[C@@H](C(=O)O1)[C@]34O)O2. The summed E-state index contributed by atoms with van der Waals surface area (Å²) in [6, 6.07) is 0. The molecule has 9 atom stereocenters. The molecule has 0 unspecified atom stereocenters. The fourth-order valence-electron chi connectivity index (χ4n) is 7.07. The lowest BCUT2D eigenvalue weighted by Crippen LogP contribution is -2.57. The second kappa shape index (κ2) is 11.1. The van der Waals surface area contributed by atoms with Gasteiger partial charge < -0.3 is 24.1 Å². The Morgan fingerprint density at radius 1 is 1.13 bits per heavy atom. The molecule has 1 spiro atoms. The highest BCUT2D eigenvalue weighted by Gasteiger charge is 2.60. The number of hydrogen-bond donors (Lipinski definition) is 1. The molecular weight excluding hydrogens is 496 g/mol. The van der Waals surface area contributed by atoms with Crippen molar-refractivity contribution in [2.75, 3.05) is 6.61 Å². The van der Waals surface area contributed by atoms with Crippen molar-refractivity contribution >= 4 is 11.8 Å². The average Bonchev–Trinajstić information content (AvgIpc) is 3.23. The van der Waals surface area contributed by atoms with Crippen molar-refractivity contribution in [2.45, 2.75) is 115 Å². The summed E-state index contributed by atoms with van der Waals surface area (Å²) >= 11 is 0. The number of ketones is 1. The molecule has 0 aromatic heterocycles. The number of fused-ring (bicyclic) bond motifs is 2. The third-order valence-electron chi connectivity index (χ3n) is 9.31. The lowest BCUT2D eigenvalue weighted by Gasteiger charge is -2.49. The fraction of sp³-hybridized carbons (Fsp3) is 0.688. The molecule has 0 aromatic rings. The molecule has 4 heterocycles. The minimum absolute atomic E-state index is 0.0857. The van der Waals surface area contributed by atoms with Crippen molar-refractivity contribution in [3.8, 4) is 0 Å². The van der Waals surface area contributed by atoms with Crippen LogP contribution in [0.5, 0.6) is 0 Å². The van der Waals surface area contributed by atoms with E-state index in [1.807, 2.05) is 6.08 Å². The third kappa shape index (κ3) is 5.48. The Kier molecular flexibility index (Phi) is 8.08. The molecular formula is C32H44O7. The van der Waals surface area contributed by atoms with Gasteiger partial charge in [-0.15, -0.1) is 0 Å². The van der Waals surface area contributed by atoms with Crippen molar-refractivity contribution in [1.29, 1.82) is 0 Å². The van der Waals surface area contributed by atoms with Gasteiger partial charge in [-0.25, -0.2) is 0 Å². The van der Waals surface area contributed by atoms with Gasteiger partial charge in [0, 0.05) is 19.3 Å². The zero-order valence-corrected chi connectivity index (χ0v) is 24.0. The Morgan fingerprint density at radius 3 is 2.69 bits per heavy atom. The predicted molar refractivity (Wildman–Crippen MR) is 147 cm³/mol. The van der Waals surface area contributed by atoms with Gasteiger partial charge in [-0.2, -0.15) is 0 Å². The molecule has 0 amide bonds. The van der Waals surface area contributed by atoms with Crippen molar-refractivity contribution in [2.24, 2.45) is 17.8 Å². The predicted octanol–water partition coefficient (Wildman–Crippen LogP) is 5.13. The average molecular weight is 541 g/mol. The Bertz CT molecular complexity index is 1100. The normalized spacial score (nSPS) is 46.8. The zero-order chi connectivity index (χ0) is 27.9. The van der Waals surface area contributed by atoms with Crippen LogP contribution in [0, 0.1) is 17.8 Å². The van der Waals surface area contributed by atoms with Crippen molar-refractivity contribution in [3.63, 3.8) is 0 Å². The number of allylic oxidation sites excluding steroid dienone is 4. The molecule has 7 heteroatoms. The number of aliphatic hydroxyl groups is 1. The lowest BCUT2D eigenvalue weighted by atomic mass is 9.71. The molecule has 3 fully saturated rings. The monoisotopic (exact) mass is 540 g/mol. The van der Waals surface area contributed by atoms with Crippen LogP contribution in [0.15, 0.2) is 47.1 Å². The molecule has 0 saturated carbocycles. The first-order valence-electron chi connectivity index (χ1n) is 14.7. The van der Waals surface area contributed by atoms with E-state index in [4.69, 9.17) is 18.9 Å². The van der Waals surface area contributed by atoms with Crippen molar-refractivity contribution < 1.29 is 33.6 Å². The smallest absolute Gasteiger partial charge is 0.316 e. The van der Waals surface area contributed by atoms with Gasteiger partial charge >= 0.3 is 5.97 Å². The standard InChI is InChI=1S/C32H44O7/c1-6-27-21(4)12-13-31(39-27)17-25-16-24(38-31)11-10-20(3)14-19(2)8-7-9-23-18-36-29-28(33)22(5)15-26(30(34)37-25)32(23,29)35/h7-10,15,19,21,24-27,29,35H,6,11-14,16-18H2,1-5H3/b8-7+,20-10+,23-9+/t19-,21+,24+,25-,26-,27+,29+,31+,32+/m0/s1. The Labute approximate surface area is 232 Å². The number of esters is 1. The molecule has 214 valence electrons. The first-order chi connectivity index (χ1) is 18.5.